The molecule has 29 heavy (non-hydrogen) atoms. The standard InChI is InChI=1S/C24H32N2O2S/c1-6-22(24(28)25-5)26(14-21-10-8-7-9-19(21)4)23(27)16-29-15-20-12-17(2)11-18(3)13-20/h7-13,22H,6,14-16H2,1-5H3,(H,25,28)/t22-/m1/s1. The van der Waals surface area contributed by atoms with Gasteiger partial charge in [-0.1, -0.05) is 60.5 Å². The third-order valence-electron chi connectivity index (χ3n) is 5.01. The first-order chi connectivity index (χ1) is 13.8. The van der Waals surface area contributed by atoms with Crippen molar-refractivity contribution in [3.05, 3.63) is 70.3 Å². The fraction of sp³-hybridized carbons (Fsp3) is 0.417. The largest absolute Gasteiger partial charge is 0.357 e. The molecular weight excluding hydrogens is 380 g/mol. The Bertz CT molecular complexity index is 830. The lowest BCUT2D eigenvalue weighted by molar-refractivity contribution is -0.139. The summed E-state index contributed by atoms with van der Waals surface area (Å²) < 4.78 is 0. The van der Waals surface area contributed by atoms with Gasteiger partial charge in [0.05, 0.1) is 5.75 Å². The van der Waals surface area contributed by atoms with Gasteiger partial charge < -0.3 is 10.2 Å². The second-order valence-electron chi connectivity index (χ2n) is 7.48. The van der Waals surface area contributed by atoms with E-state index in [1.54, 1.807) is 23.7 Å². The number of hydrogen-bond donors (Lipinski definition) is 1. The lowest BCUT2D eigenvalue weighted by Crippen LogP contribution is -2.48. The van der Waals surface area contributed by atoms with E-state index in [2.05, 4.69) is 37.4 Å². The highest BCUT2D eigenvalue weighted by Crippen LogP contribution is 2.20. The molecule has 4 nitrogen and oxygen atoms in total. The van der Waals surface area contributed by atoms with Gasteiger partial charge in [-0.05, 0) is 43.9 Å². The van der Waals surface area contributed by atoms with Crippen LogP contribution in [0.1, 0.15) is 41.2 Å². The summed E-state index contributed by atoms with van der Waals surface area (Å²) in [6.07, 6.45) is 0.582. The smallest absolute Gasteiger partial charge is 0.242 e. The molecule has 0 aromatic heterocycles. The molecule has 2 rings (SSSR count). The summed E-state index contributed by atoms with van der Waals surface area (Å²) in [5.74, 6) is 1.02. The van der Waals surface area contributed by atoms with Gasteiger partial charge in [-0.25, -0.2) is 0 Å². The van der Waals surface area contributed by atoms with Crippen LogP contribution in [0.4, 0.5) is 0 Å². The fourth-order valence-electron chi connectivity index (χ4n) is 3.55. The molecule has 0 aliphatic rings. The summed E-state index contributed by atoms with van der Waals surface area (Å²) in [5.41, 5.74) is 5.89. The maximum absolute atomic E-state index is 13.1. The first kappa shape index (κ1) is 23.0. The third-order valence-corrected chi connectivity index (χ3v) is 6.00. The second-order valence-corrected chi connectivity index (χ2v) is 8.46. The zero-order valence-corrected chi connectivity index (χ0v) is 18.9. The number of hydrogen-bond acceptors (Lipinski definition) is 3. The third kappa shape index (κ3) is 6.64. The Labute approximate surface area is 179 Å². The Morgan fingerprint density at radius 1 is 1.07 bits per heavy atom. The lowest BCUT2D eigenvalue weighted by Gasteiger charge is -2.30. The topological polar surface area (TPSA) is 49.4 Å². The number of rotatable bonds is 9. The first-order valence-corrected chi connectivity index (χ1v) is 11.2. The number of amides is 2. The van der Waals surface area contributed by atoms with Crippen molar-refractivity contribution in [1.29, 1.82) is 0 Å². The van der Waals surface area contributed by atoms with E-state index >= 15 is 0 Å². The fourth-order valence-corrected chi connectivity index (χ4v) is 4.39. The minimum absolute atomic E-state index is 0.00178. The molecule has 1 atom stereocenters. The first-order valence-electron chi connectivity index (χ1n) is 10.1. The Balaban J connectivity index is 2.12. The molecule has 1 N–H and O–H groups in total. The highest BCUT2D eigenvalue weighted by molar-refractivity contribution is 7.99. The molecule has 0 saturated heterocycles. The molecule has 0 aliphatic heterocycles. The molecule has 0 bridgehead atoms. The number of nitrogens with zero attached hydrogens (tertiary/aromatic N) is 1. The summed E-state index contributed by atoms with van der Waals surface area (Å²) >= 11 is 1.60. The molecule has 5 heteroatoms. The van der Waals surface area contributed by atoms with Crippen molar-refractivity contribution in [1.82, 2.24) is 10.2 Å². The number of aryl methyl sites for hydroxylation is 3. The van der Waals surface area contributed by atoms with E-state index in [9.17, 15) is 9.59 Å². The SMILES string of the molecule is CC[C@H](C(=O)NC)N(Cc1ccccc1C)C(=O)CSCc1cc(C)cc(C)c1. The van der Waals surface area contributed by atoms with Gasteiger partial charge in [0.1, 0.15) is 6.04 Å². The van der Waals surface area contributed by atoms with Crippen molar-refractivity contribution in [2.24, 2.45) is 0 Å². The van der Waals surface area contributed by atoms with Crippen molar-refractivity contribution in [2.45, 2.75) is 52.5 Å². The molecule has 0 fully saturated rings. The molecule has 2 aromatic rings. The van der Waals surface area contributed by atoms with Crippen LogP contribution in [-0.2, 0) is 21.9 Å². The van der Waals surface area contributed by atoms with E-state index in [1.165, 1.54) is 16.7 Å². The molecule has 0 aliphatic carbocycles. The predicted octanol–water partition coefficient (Wildman–Crippen LogP) is 4.40. The van der Waals surface area contributed by atoms with Gasteiger partial charge >= 0.3 is 0 Å². The zero-order chi connectivity index (χ0) is 21.4. The molecule has 156 valence electrons. The Morgan fingerprint density at radius 3 is 2.31 bits per heavy atom. The Kier molecular flexibility index (Phi) is 8.77. The molecular formula is C24H32N2O2S. The van der Waals surface area contributed by atoms with Gasteiger partial charge in [-0.2, -0.15) is 0 Å². The number of nitrogens with one attached hydrogen (secondary N) is 1. The van der Waals surface area contributed by atoms with Gasteiger partial charge in [0.15, 0.2) is 0 Å². The summed E-state index contributed by atoms with van der Waals surface area (Å²) in [7, 11) is 1.62. The molecule has 0 unspecified atom stereocenters. The highest BCUT2D eigenvalue weighted by Gasteiger charge is 2.28. The lowest BCUT2D eigenvalue weighted by atomic mass is 10.1. The predicted molar refractivity (Wildman–Crippen MR) is 122 cm³/mol. The van der Waals surface area contributed by atoms with Crippen LogP contribution in [0, 0.1) is 20.8 Å². The molecule has 0 heterocycles. The second kappa shape index (κ2) is 11.1. The number of carbonyl (C=O) groups is 2. The Hall–Kier alpha value is -2.27. The van der Waals surface area contributed by atoms with Gasteiger partial charge in [0.2, 0.25) is 11.8 Å². The van der Waals surface area contributed by atoms with Crippen LogP contribution in [0.15, 0.2) is 42.5 Å². The summed E-state index contributed by atoms with van der Waals surface area (Å²) in [4.78, 5) is 27.3. The average Bonchev–Trinajstić information content (AvgIpc) is 2.68. The van der Waals surface area contributed by atoms with Crippen molar-refractivity contribution in [3.8, 4) is 0 Å². The van der Waals surface area contributed by atoms with Gasteiger partial charge in [0, 0.05) is 19.3 Å². The zero-order valence-electron chi connectivity index (χ0n) is 18.1. The quantitative estimate of drug-likeness (QED) is 0.664. The van der Waals surface area contributed by atoms with Gasteiger partial charge in [0.25, 0.3) is 0 Å². The van der Waals surface area contributed by atoms with Crippen LogP contribution in [0.2, 0.25) is 0 Å². The van der Waals surface area contributed by atoms with Crippen LogP contribution < -0.4 is 5.32 Å². The van der Waals surface area contributed by atoms with Crippen LogP contribution in [-0.4, -0.2) is 35.6 Å². The monoisotopic (exact) mass is 412 g/mol. The van der Waals surface area contributed by atoms with Crippen LogP contribution in [0.3, 0.4) is 0 Å². The van der Waals surface area contributed by atoms with E-state index in [4.69, 9.17) is 0 Å². The van der Waals surface area contributed by atoms with E-state index in [-0.39, 0.29) is 11.8 Å². The number of carbonyl (C=O) groups excluding carboxylic acids is 2. The summed E-state index contributed by atoms with van der Waals surface area (Å²) in [5, 5.41) is 2.71. The van der Waals surface area contributed by atoms with Crippen LogP contribution in [0.25, 0.3) is 0 Å². The maximum atomic E-state index is 13.1. The minimum atomic E-state index is -0.464. The molecule has 2 aromatic carbocycles. The van der Waals surface area contributed by atoms with Crippen molar-refractivity contribution >= 4 is 23.6 Å². The minimum Gasteiger partial charge on any atom is -0.357 e. The number of likely N-dealkylation sites (N-methyl/N-ethyl adjacent to an activating group) is 1. The van der Waals surface area contributed by atoms with E-state index in [0.29, 0.717) is 18.7 Å². The summed E-state index contributed by atoms with van der Waals surface area (Å²) in [6.45, 7) is 8.60. The van der Waals surface area contributed by atoms with Crippen LogP contribution >= 0.6 is 11.8 Å². The molecule has 2 amide bonds. The van der Waals surface area contributed by atoms with Crippen LogP contribution in [0.5, 0.6) is 0 Å². The molecule has 0 radical (unpaired) electrons. The molecule has 0 saturated carbocycles. The van der Waals surface area contributed by atoms with E-state index in [0.717, 1.165) is 16.9 Å². The van der Waals surface area contributed by atoms with Gasteiger partial charge in [-0.3, -0.25) is 9.59 Å². The number of benzene rings is 2. The normalized spacial score (nSPS) is 11.8. The van der Waals surface area contributed by atoms with Crippen molar-refractivity contribution in [3.63, 3.8) is 0 Å². The van der Waals surface area contributed by atoms with Crippen molar-refractivity contribution < 1.29 is 9.59 Å². The number of thioether (sulfide) groups is 1. The average molecular weight is 413 g/mol. The Morgan fingerprint density at radius 2 is 1.72 bits per heavy atom. The summed E-state index contributed by atoms with van der Waals surface area (Å²) in [6, 6.07) is 14.0. The maximum Gasteiger partial charge on any atom is 0.242 e. The van der Waals surface area contributed by atoms with E-state index in [1.807, 2.05) is 38.1 Å². The van der Waals surface area contributed by atoms with E-state index < -0.39 is 6.04 Å². The highest BCUT2D eigenvalue weighted by atomic mass is 32.2. The van der Waals surface area contributed by atoms with Gasteiger partial charge in [-0.15, -0.1) is 11.8 Å². The molecule has 0 spiro atoms. The van der Waals surface area contributed by atoms with Crippen molar-refractivity contribution in [2.75, 3.05) is 12.8 Å².